The van der Waals surface area contributed by atoms with E-state index in [2.05, 4.69) is 0 Å². The molecule has 6 heteroatoms. The third-order valence-corrected chi connectivity index (χ3v) is 6.81. The van der Waals surface area contributed by atoms with Gasteiger partial charge in [-0.05, 0) is 73.5 Å². The van der Waals surface area contributed by atoms with Crippen molar-refractivity contribution >= 4 is 35.1 Å². The maximum Gasteiger partial charge on any atom is 0.343 e. The van der Waals surface area contributed by atoms with E-state index in [0.717, 1.165) is 22.3 Å². The average molecular weight is 533 g/mol. The zero-order valence-electron chi connectivity index (χ0n) is 21.0. The van der Waals surface area contributed by atoms with E-state index < -0.39 is 17.4 Å². The van der Waals surface area contributed by atoms with Crippen molar-refractivity contribution in [1.82, 2.24) is 0 Å². The van der Waals surface area contributed by atoms with Gasteiger partial charge in [0.1, 0.15) is 11.5 Å². The second kappa shape index (κ2) is 10.8. The van der Waals surface area contributed by atoms with Gasteiger partial charge >= 0.3 is 11.9 Å². The molecule has 0 radical (unpaired) electrons. The molecule has 0 aromatic heterocycles. The quantitative estimate of drug-likeness (QED) is 0.185. The van der Waals surface area contributed by atoms with Crippen LogP contribution in [0.1, 0.15) is 56.8 Å². The van der Waals surface area contributed by atoms with Gasteiger partial charge in [0.25, 0.3) is 0 Å². The molecule has 0 unspecified atom stereocenters. The van der Waals surface area contributed by atoms with Crippen molar-refractivity contribution < 1.29 is 19.1 Å². The minimum absolute atomic E-state index is 0.282. The number of halogens is 2. The lowest BCUT2D eigenvalue weighted by Gasteiger charge is -2.27. The normalized spacial score (nSPS) is 11.2. The fourth-order valence-corrected chi connectivity index (χ4v) is 4.41. The number of hydrogen-bond donors (Lipinski definition) is 0. The molecule has 0 heterocycles. The number of aryl methyl sites for hydroxylation is 2. The van der Waals surface area contributed by atoms with Crippen LogP contribution in [0.2, 0.25) is 10.0 Å². The van der Waals surface area contributed by atoms with E-state index in [4.69, 9.17) is 32.7 Å². The van der Waals surface area contributed by atoms with Crippen LogP contribution < -0.4 is 9.47 Å². The van der Waals surface area contributed by atoms with Gasteiger partial charge in [0, 0.05) is 5.41 Å². The first-order valence-electron chi connectivity index (χ1n) is 11.7. The summed E-state index contributed by atoms with van der Waals surface area (Å²) in [5.41, 5.74) is 4.14. The van der Waals surface area contributed by atoms with Crippen molar-refractivity contribution in [2.45, 2.75) is 33.1 Å². The second-order valence-corrected chi connectivity index (χ2v) is 10.2. The first kappa shape index (κ1) is 26.5. The predicted molar refractivity (Wildman–Crippen MR) is 147 cm³/mol. The molecular formula is C31H26Cl2O4. The number of ether oxygens (including phenoxy) is 2. The molecule has 188 valence electrons. The van der Waals surface area contributed by atoms with E-state index in [9.17, 15) is 9.59 Å². The highest BCUT2D eigenvalue weighted by Crippen LogP contribution is 2.38. The SMILES string of the molecule is Cc1cccc(C(=O)Oc2ccc(C(C)(C)c3ccc(OC(=O)c4cccc(C)c4)c(Cl)c3)cc2Cl)c1. The maximum absolute atomic E-state index is 12.5. The van der Waals surface area contributed by atoms with Crippen LogP contribution in [0, 0.1) is 13.8 Å². The largest absolute Gasteiger partial charge is 0.421 e. The summed E-state index contributed by atoms with van der Waals surface area (Å²) < 4.78 is 11.1. The Kier molecular flexibility index (Phi) is 7.72. The van der Waals surface area contributed by atoms with Crippen molar-refractivity contribution in [1.29, 1.82) is 0 Å². The van der Waals surface area contributed by atoms with Crippen molar-refractivity contribution in [3.8, 4) is 11.5 Å². The third kappa shape index (κ3) is 6.04. The van der Waals surface area contributed by atoms with Gasteiger partial charge in [0.2, 0.25) is 0 Å². The monoisotopic (exact) mass is 532 g/mol. The molecule has 0 saturated carbocycles. The molecule has 0 bridgehead atoms. The van der Waals surface area contributed by atoms with Gasteiger partial charge in [0.05, 0.1) is 21.2 Å². The Morgan fingerprint density at radius 2 is 1.03 bits per heavy atom. The molecule has 0 saturated heterocycles. The molecule has 0 aliphatic rings. The highest BCUT2D eigenvalue weighted by Gasteiger charge is 2.26. The van der Waals surface area contributed by atoms with Gasteiger partial charge in [-0.25, -0.2) is 9.59 Å². The average Bonchev–Trinajstić information content (AvgIpc) is 2.86. The summed E-state index contributed by atoms with van der Waals surface area (Å²) in [7, 11) is 0. The summed E-state index contributed by atoms with van der Waals surface area (Å²) in [6.45, 7) is 7.88. The molecule has 0 aliphatic heterocycles. The van der Waals surface area contributed by atoms with Gasteiger partial charge < -0.3 is 9.47 Å². The zero-order chi connectivity index (χ0) is 26.7. The minimum Gasteiger partial charge on any atom is -0.421 e. The summed E-state index contributed by atoms with van der Waals surface area (Å²) >= 11 is 13.0. The lowest BCUT2D eigenvalue weighted by molar-refractivity contribution is 0.0725. The van der Waals surface area contributed by atoms with E-state index in [1.54, 1.807) is 60.7 Å². The van der Waals surface area contributed by atoms with Crippen molar-refractivity contribution in [3.05, 3.63) is 128 Å². The van der Waals surface area contributed by atoms with Crippen LogP contribution in [0.25, 0.3) is 0 Å². The second-order valence-electron chi connectivity index (χ2n) is 9.43. The molecule has 0 spiro atoms. The van der Waals surface area contributed by atoms with E-state index in [-0.39, 0.29) is 11.5 Å². The maximum atomic E-state index is 12.5. The molecule has 37 heavy (non-hydrogen) atoms. The fourth-order valence-electron chi connectivity index (χ4n) is 3.97. The summed E-state index contributed by atoms with van der Waals surface area (Å²) in [4.78, 5) is 25.1. The number of carbonyl (C=O) groups is 2. The van der Waals surface area contributed by atoms with E-state index >= 15 is 0 Å². The van der Waals surface area contributed by atoms with Gasteiger partial charge in [-0.3, -0.25) is 0 Å². The van der Waals surface area contributed by atoms with Crippen molar-refractivity contribution in [3.63, 3.8) is 0 Å². The Hall–Kier alpha value is -3.60. The highest BCUT2D eigenvalue weighted by molar-refractivity contribution is 6.32. The number of esters is 2. The molecule has 0 fully saturated rings. The van der Waals surface area contributed by atoms with Crippen LogP contribution in [0.15, 0.2) is 84.9 Å². The van der Waals surface area contributed by atoms with Crippen LogP contribution in [-0.4, -0.2) is 11.9 Å². The molecule has 4 nitrogen and oxygen atoms in total. The number of hydrogen-bond acceptors (Lipinski definition) is 4. The topological polar surface area (TPSA) is 52.6 Å². The van der Waals surface area contributed by atoms with Crippen molar-refractivity contribution in [2.24, 2.45) is 0 Å². The van der Waals surface area contributed by atoms with E-state index in [1.807, 2.05) is 52.0 Å². The Bertz CT molecular complexity index is 1380. The fraction of sp³-hybridized carbons (Fsp3) is 0.161. The Balaban J connectivity index is 1.52. The van der Waals surface area contributed by atoms with Crippen molar-refractivity contribution in [2.75, 3.05) is 0 Å². The number of carbonyl (C=O) groups excluding carboxylic acids is 2. The molecule has 4 rings (SSSR count). The van der Waals surface area contributed by atoms with Crippen LogP contribution in [0.3, 0.4) is 0 Å². The zero-order valence-corrected chi connectivity index (χ0v) is 22.5. The van der Waals surface area contributed by atoms with Crippen LogP contribution >= 0.6 is 23.2 Å². The lowest BCUT2D eigenvalue weighted by Crippen LogP contribution is -2.19. The highest BCUT2D eigenvalue weighted by atomic mass is 35.5. The van der Waals surface area contributed by atoms with E-state index in [0.29, 0.717) is 21.2 Å². The summed E-state index contributed by atoms with van der Waals surface area (Å²) in [6.07, 6.45) is 0. The van der Waals surface area contributed by atoms with Gasteiger partial charge in [-0.2, -0.15) is 0 Å². The van der Waals surface area contributed by atoms with Crippen LogP contribution in [0.4, 0.5) is 0 Å². The van der Waals surface area contributed by atoms with Gasteiger partial charge in [0.15, 0.2) is 0 Å². The molecular weight excluding hydrogens is 507 g/mol. The molecule has 0 N–H and O–H groups in total. The Morgan fingerprint density at radius 3 is 1.38 bits per heavy atom. The van der Waals surface area contributed by atoms with Crippen LogP contribution in [-0.2, 0) is 5.41 Å². The summed E-state index contributed by atoms with van der Waals surface area (Å²) in [5.74, 6) is -0.381. The molecule has 0 atom stereocenters. The van der Waals surface area contributed by atoms with Crippen LogP contribution in [0.5, 0.6) is 11.5 Å². The molecule has 0 aliphatic carbocycles. The van der Waals surface area contributed by atoms with Gasteiger partial charge in [-0.1, -0.05) is 84.6 Å². The molecule has 4 aromatic carbocycles. The Labute approximate surface area is 226 Å². The number of benzene rings is 4. The lowest BCUT2D eigenvalue weighted by atomic mass is 9.78. The first-order valence-corrected chi connectivity index (χ1v) is 12.5. The van der Waals surface area contributed by atoms with E-state index in [1.165, 1.54) is 0 Å². The first-order chi connectivity index (χ1) is 17.5. The Morgan fingerprint density at radius 1 is 0.622 bits per heavy atom. The standard InChI is InChI=1S/C31H26Cl2O4/c1-19-7-5-9-21(15-19)29(34)36-27-13-11-23(17-25(27)32)31(3,4)24-12-14-28(26(33)18-24)37-30(35)22-10-6-8-20(2)16-22/h5-18H,1-4H3. The van der Waals surface area contributed by atoms with Gasteiger partial charge in [-0.15, -0.1) is 0 Å². The third-order valence-electron chi connectivity index (χ3n) is 6.22. The molecule has 0 amide bonds. The summed E-state index contributed by atoms with van der Waals surface area (Å²) in [6, 6.07) is 25.0. The summed E-state index contributed by atoms with van der Waals surface area (Å²) in [5, 5.41) is 0.641. The number of rotatable bonds is 6. The predicted octanol–water partition coefficient (Wildman–Crippen LogP) is 8.37. The molecule has 4 aromatic rings. The minimum atomic E-state index is -0.495. The smallest absolute Gasteiger partial charge is 0.343 e.